The van der Waals surface area contributed by atoms with E-state index in [1.54, 1.807) is 0 Å². The molecule has 0 radical (unpaired) electrons. The van der Waals surface area contributed by atoms with E-state index >= 15 is 0 Å². The molecule has 0 fully saturated rings. The molecule has 0 bridgehead atoms. The highest BCUT2D eigenvalue weighted by Crippen LogP contribution is 2.24. The van der Waals surface area contributed by atoms with Gasteiger partial charge in [-0.1, -0.05) is 29.9 Å². The van der Waals surface area contributed by atoms with Crippen LogP contribution in [0.4, 0.5) is 10.8 Å². The fourth-order valence-corrected chi connectivity index (χ4v) is 2.35. The Morgan fingerprint density at radius 1 is 1.50 bits per heavy atom. The highest BCUT2D eigenvalue weighted by atomic mass is 35.5. The first-order valence-corrected chi connectivity index (χ1v) is 6.78. The summed E-state index contributed by atoms with van der Waals surface area (Å²) in [6.07, 6.45) is 0.728. The third kappa shape index (κ3) is 3.09. The molecule has 1 amide bonds. The van der Waals surface area contributed by atoms with Crippen LogP contribution in [-0.2, 0) is 6.42 Å². The number of nitro benzene ring substituents is 1. The Kier molecular flexibility index (Phi) is 4.26. The van der Waals surface area contributed by atoms with Crippen molar-refractivity contribution in [3.8, 4) is 0 Å². The minimum absolute atomic E-state index is 0.0110. The van der Waals surface area contributed by atoms with E-state index in [0.29, 0.717) is 5.13 Å². The summed E-state index contributed by atoms with van der Waals surface area (Å²) in [4.78, 5) is 22.0. The summed E-state index contributed by atoms with van der Waals surface area (Å²) < 4.78 is 0. The summed E-state index contributed by atoms with van der Waals surface area (Å²) in [5.74, 6) is -0.483. The first-order chi connectivity index (χ1) is 9.51. The number of nitro groups is 1. The van der Waals surface area contributed by atoms with Gasteiger partial charge in [0, 0.05) is 12.1 Å². The SMILES string of the molecule is CCc1nnc(NC(=O)c2ccc([N+](=O)[O-])cc2Cl)s1. The van der Waals surface area contributed by atoms with Crippen LogP contribution >= 0.6 is 22.9 Å². The molecule has 2 aromatic rings. The van der Waals surface area contributed by atoms with Crippen LogP contribution in [0.5, 0.6) is 0 Å². The van der Waals surface area contributed by atoms with E-state index in [-0.39, 0.29) is 16.3 Å². The van der Waals surface area contributed by atoms with Gasteiger partial charge in [-0.05, 0) is 12.5 Å². The van der Waals surface area contributed by atoms with Gasteiger partial charge >= 0.3 is 0 Å². The number of nitrogens with one attached hydrogen (secondary N) is 1. The molecule has 0 saturated heterocycles. The number of hydrogen-bond acceptors (Lipinski definition) is 6. The Bertz CT molecular complexity index is 673. The highest BCUT2D eigenvalue weighted by Gasteiger charge is 2.16. The van der Waals surface area contributed by atoms with Crippen molar-refractivity contribution in [1.82, 2.24) is 10.2 Å². The lowest BCUT2D eigenvalue weighted by molar-refractivity contribution is -0.384. The fourth-order valence-electron chi connectivity index (χ4n) is 1.41. The second-order valence-electron chi connectivity index (χ2n) is 3.73. The van der Waals surface area contributed by atoms with Gasteiger partial charge in [0.05, 0.1) is 15.5 Å². The number of non-ortho nitro benzene ring substituents is 1. The van der Waals surface area contributed by atoms with E-state index in [1.165, 1.54) is 23.5 Å². The lowest BCUT2D eigenvalue weighted by Gasteiger charge is -2.03. The van der Waals surface area contributed by atoms with E-state index in [2.05, 4.69) is 15.5 Å². The number of aryl methyl sites for hydroxylation is 1. The Balaban J connectivity index is 2.18. The van der Waals surface area contributed by atoms with Gasteiger partial charge in [0.2, 0.25) is 5.13 Å². The minimum Gasteiger partial charge on any atom is -0.296 e. The van der Waals surface area contributed by atoms with Crippen LogP contribution in [0.1, 0.15) is 22.3 Å². The van der Waals surface area contributed by atoms with Crippen LogP contribution in [0.3, 0.4) is 0 Å². The molecular formula is C11H9ClN4O3S. The third-order valence-corrected chi connectivity index (χ3v) is 3.69. The first kappa shape index (κ1) is 14.4. The number of anilines is 1. The summed E-state index contributed by atoms with van der Waals surface area (Å²) >= 11 is 7.13. The Morgan fingerprint density at radius 3 is 2.80 bits per heavy atom. The summed E-state index contributed by atoms with van der Waals surface area (Å²) in [6.45, 7) is 1.93. The summed E-state index contributed by atoms with van der Waals surface area (Å²) in [6, 6.07) is 3.66. The van der Waals surface area contributed by atoms with Crippen molar-refractivity contribution < 1.29 is 9.72 Å². The minimum atomic E-state index is -0.578. The largest absolute Gasteiger partial charge is 0.296 e. The molecule has 1 aromatic heterocycles. The predicted molar refractivity (Wildman–Crippen MR) is 75.3 cm³/mol. The monoisotopic (exact) mass is 312 g/mol. The van der Waals surface area contributed by atoms with Crippen LogP contribution in [0.15, 0.2) is 18.2 Å². The van der Waals surface area contributed by atoms with E-state index in [4.69, 9.17) is 11.6 Å². The maximum Gasteiger partial charge on any atom is 0.270 e. The van der Waals surface area contributed by atoms with E-state index in [9.17, 15) is 14.9 Å². The highest BCUT2D eigenvalue weighted by molar-refractivity contribution is 7.15. The summed E-state index contributed by atoms with van der Waals surface area (Å²) in [7, 11) is 0. The molecule has 0 aliphatic carbocycles. The molecule has 7 nitrogen and oxygen atoms in total. The zero-order valence-corrected chi connectivity index (χ0v) is 11.9. The molecule has 20 heavy (non-hydrogen) atoms. The molecule has 9 heteroatoms. The maximum atomic E-state index is 12.0. The number of rotatable bonds is 4. The first-order valence-electron chi connectivity index (χ1n) is 5.59. The lowest BCUT2D eigenvalue weighted by atomic mass is 10.2. The zero-order chi connectivity index (χ0) is 14.7. The number of carbonyl (C=O) groups excluding carboxylic acids is 1. The average Bonchev–Trinajstić information content (AvgIpc) is 2.85. The molecule has 0 aliphatic heterocycles. The molecule has 0 aliphatic rings. The Labute approximate surface area is 122 Å². The fraction of sp³-hybridized carbons (Fsp3) is 0.182. The molecule has 0 saturated carbocycles. The molecule has 1 aromatic carbocycles. The van der Waals surface area contributed by atoms with Crippen LogP contribution in [-0.4, -0.2) is 21.0 Å². The number of aromatic nitrogens is 2. The maximum absolute atomic E-state index is 12.0. The van der Waals surface area contributed by atoms with Gasteiger partial charge in [-0.3, -0.25) is 20.2 Å². The molecule has 1 N–H and O–H groups in total. The van der Waals surface area contributed by atoms with Crippen molar-refractivity contribution in [3.63, 3.8) is 0 Å². The lowest BCUT2D eigenvalue weighted by Crippen LogP contribution is -2.12. The molecule has 104 valence electrons. The van der Waals surface area contributed by atoms with E-state index < -0.39 is 10.8 Å². The van der Waals surface area contributed by atoms with Gasteiger partial charge in [-0.25, -0.2) is 0 Å². The number of nitrogens with zero attached hydrogens (tertiary/aromatic N) is 3. The molecule has 1 heterocycles. The number of hydrogen-bond donors (Lipinski definition) is 1. The van der Waals surface area contributed by atoms with E-state index in [1.807, 2.05) is 6.92 Å². The van der Waals surface area contributed by atoms with Gasteiger partial charge in [0.15, 0.2) is 0 Å². The molecule has 0 unspecified atom stereocenters. The van der Waals surface area contributed by atoms with Crippen molar-refractivity contribution in [2.45, 2.75) is 13.3 Å². The second-order valence-corrected chi connectivity index (χ2v) is 5.20. The number of amides is 1. The predicted octanol–water partition coefficient (Wildman–Crippen LogP) is 2.91. The second kappa shape index (κ2) is 5.93. The van der Waals surface area contributed by atoms with Gasteiger partial charge in [0.1, 0.15) is 5.01 Å². The Hall–Kier alpha value is -2.06. The van der Waals surface area contributed by atoms with Crippen molar-refractivity contribution in [2.24, 2.45) is 0 Å². The van der Waals surface area contributed by atoms with Crippen molar-refractivity contribution in [2.75, 3.05) is 5.32 Å². The number of benzene rings is 1. The third-order valence-electron chi connectivity index (χ3n) is 2.40. The average molecular weight is 313 g/mol. The standard InChI is InChI=1S/C11H9ClN4O3S/c1-2-9-14-15-11(20-9)13-10(17)7-4-3-6(16(18)19)5-8(7)12/h3-5H,2H2,1H3,(H,13,15,17). The van der Waals surface area contributed by atoms with Crippen LogP contribution in [0.25, 0.3) is 0 Å². The summed E-state index contributed by atoms with van der Waals surface area (Å²) in [5.41, 5.74) is -0.0266. The van der Waals surface area contributed by atoms with Crippen molar-refractivity contribution in [3.05, 3.63) is 43.9 Å². The molecule has 0 atom stereocenters. The number of halogens is 1. The molecule has 2 rings (SSSR count). The van der Waals surface area contributed by atoms with Gasteiger partial charge in [0.25, 0.3) is 11.6 Å². The van der Waals surface area contributed by atoms with Crippen LogP contribution < -0.4 is 5.32 Å². The van der Waals surface area contributed by atoms with Crippen LogP contribution in [0.2, 0.25) is 5.02 Å². The zero-order valence-electron chi connectivity index (χ0n) is 10.3. The van der Waals surface area contributed by atoms with Gasteiger partial charge in [-0.15, -0.1) is 10.2 Å². The van der Waals surface area contributed by atoms with Crippen molar-refractivity contribution in [1.29, 1.82) is 0 Å². The smallest absolute Gasteiger partial charge is 0.270 e. The van der Waals surface area contributed by atoms with Crippen molar-refractivity contribution >= 4 is 39.7 Å². The van der Waals surface area contributed by atoms with Gasteiger partial charge in [-0.2, -0.15) is 0 Å². The Morgan fingerprint density at radius 2 is 2.25 bits per heavy atom. The topological polar surface area (TPSA) is 98.0 Å². The van der Waals surface area contributed by atoms with Crippen LogP contribution in [0, 0.1) is 10.1 Å². The normalized spacial score (nSPS) is 10.3. The molecule has 0 spiro atoms. The van der Waals surface area contributed by atoms with Gasteiger partial charge < -0.3 is 0 Å². The quantitative estimate of drug-likeness (QED) is 0.691. The molecular weight excluding hydrogens is 304 g/mol. The number of carbonyl (C=O) groups is 1. The van der Waals surface area contributed by atoms with E-state index in [0.717, 1.165) is 17.5 Å². The summed E-state index contributed by atoms with van der Waals surface area (Å²) in [5, 5.41) is 22.0.